The SMILES string of the molecule is CCN1c2cc(OCc3cccnc3)ccc2C2(C#N)C(c3ccc(NS(=O)(=O)CC)cc3)C12. The van der Waals surface area contributed by atoms with Gasteiger partial charge in [-0.25, -0.2) is 8.42 Å². The quantitative estimate of drug-likeness (QED) is 0.526. The van der Waals surface area contributed by atoms with Crippen molar-refractivity contribution in [1.29, 1.82) is 5.26 Å². The van der Waals surface area contributed by atoms with Gasteiger partial charge in [0.15, 0.2) is 0 Å². The molecule has 3 aromatic rings. The molecular formula is C26H26N4O3S. The number of nitrogens with zero attached hydrogens (tertiary/aromatic N) is 3. The zero-order valence-corrected chi connectivity index (χ0v) is 19.9. The van der Waals surface area contributed by atoms with E-state index >= 15 is 0 Å². The Kier molecular flexibility index (Phi) is 5.45. The molecule has 0 radical (unpaired) electrons. The molecule has 0 saturated heterocycles. The second kappa shape index (κ2) is 8.33. The van der Waals surface area contributed by atoms with Crippen molar-refractivity contribution in [3.63, 3.8) is 0 Å². The highest BCUT2D eigenvalue weighted by Crippen LogP contribution is 2.69. The first-order valence-electron chi connectivity index (χ1n) is 11.4. The molecule has 3 atom stereocenters. The molecule has 0 amide bonds. The Balaban J connectivity index is 1.40. The molecule has 1 N–H and O–H groups in total. The van der Waals surface area contributed by atoms with E-state index in [-0.39, 0.29) is 17.7 Å². The summed E-state index contributed by atoms with van der Waals surface area (Å²) in [6, 6.07) is 19.9. The van der Waals surface area contributed by atoms with Gasteiger partial charge in [-0.2, -0.15) is 5.26 Å². The Bertz CT molecular complexity index is 1350. The van der Waals surface area contributed by atoms with Crippen LogP contribution in [0.15, 0.2) is 67.0 Å². The van der Waals surface area contributed by atoms with E-state index in [1.807, 2.05) is 42.5 Å². The van der Waals surface area contributed by atoms with Crippen LogP contribution in [0.25, 0.3) is 0 Å². The van der Waals surface area contributed by atoms with Crippen LogP contribution in [0.5, 0.6) is 5.75 Å². The van der Waals surface area contributed by atoms with Gasteiger partial charge in [0.25, 0.3) is 0 Å². The fraction of sp³-hybridized carbons (Fsp3) is 0.308. The van der Waals surface area contributed by atoms with Gasteiger partial charge >= 0.3 is 0 Å². The number of fused-ring (bicyclic) bond motifs is 3. The number of aromatic nitrogens is 1. The number of anilines is 2. The molecule has 2 heterocycles. The fourth-order valence-corrected chi connectivity index (χ4v) is 5.77. The standard InChI is InChI=1S/C26H26N4O3S/c1-3-30-23-14-21(33-16-18-6-5-13-28-15-18)11-12-22(23)26(17-27)24(25(26)30)19-7-9-20(10-8-19)29-34(31,32)4-2/h5-15,24-25,29H,3-4,16H2,1-2H3. The second-order valence-corrected chi connectivity index (χ2v) is 10.7. The molecular weight excluding hydrogens is 448 g/mol. The molecule has 34 heavy (non-hydrogen) atoms. The van der Waals surface area contributed by atoms with E-state index in [2.05, 4.69) is 27.6 Å². The maximum absolute atomic E-state index is 11.9. The van der Waals surface area contributed by atoms with Crippen molar-refractivity contribution in [2.24, 2.45) is 0 Å². The van der Waals surface area contributed by atoms with E-state index in [1.54, 1.807) is 31.5 Å². The Morgan fingerprint density at radius 2 is 1.97 bits per heavy atom. The minimum atomic E-state index is -3.33. The number of likely N-dealkylation sites (N-methyl/N-ethyl adjacent to an activating group) is 1. The third-order valence-corrected chi connectivity index (χ3v) is 8.11. The van der Waals surface area contributed by atoms with Crippen molar-refractivity contribution >= 4 is 21.4 Å². The smallest absolute Gasteiger partial charge is 0.232 e. The van der Waals surface area contributed by atoms with E-state index < -0.39 is 15.4 Å². The van der Waals surface area contributed by atoms with Crippen molar-refractivity contribution in [2.75, 3.05) is 21.9 Å². The van der Waals surface area contributed by atoms with Crippen LogP contribution in [0, 0.1) is 11.3 Å². The van der Waals surface area contributed by atoms with Gasteiger partial charge in [-0.1, -0.05) is 24.3 Å². The molecule has 0 bridgehead atoms. The molecule has 2 aromatic carbocycles. The number of nitrogens with one attached hydrogen (secondary N) is 1. The van der Waals surface area contributed by atoms with E-state index in [1.165, 1.54) is 0 Å². The van der Waals surface area contributed by atoms with Gasteiger partial charge in [-0.3, -0.25) is 9.71 Å². The Hall–Kier alpha value is -3.57. The summed E-state index contributed by atoms with van der Waals surface area (Å²) in [6.07, 6.45) is 3.52. The summed E-state index contributed by atoms with van der Waals surface area (Å²) in [4.78, 5) is 6.41. The van der Waals surface area contributed by atoms with Crippen LogP contribution in [0.2, 0.25) is 0 Å². The second-order valence-electron chi connectivity index (χ2n) is 8.65. The predicted octanol–water partition coefficient (Wildman–Crippen LogP) is 4.19. The number of nitriles is 1. The summed E-state index contributed by atoms with van der Waals surface area (Å²) in [5, 5.41) is 10.3. The van der Waals surface area contributed by atoms with E-state index in [4.69, 9.17) is 4.74 Å². The summed E-state index contributed by atoms with van der Waals surface area (Å²) < 4.78 is 32.3. The van der Waals surface area contributed by atoms with Gasteiger partial charge in [0, 0.05) is 47.9 Å². The highest BCUT2D eigenvalue weighted by molar-refractivity contribution is 7.92. The molecule has 1 aliphatic heterocycles. The van der Waals surface area contributed by atoms with E-state index in [0.717, 1.165) is 34.7 Å². The Labute approximate surface area is 200 Å². The van der Waals surface area contributed by atoms with E-state index in [9.17, 15) is 13.7 Å². The van der Waals surface area contributed by atoms with Crippen LogP contribution in [-0.4, -0.2) is 31.7 Å². The lowest BCUT2D eigenvalue weighted by Gasteiger charge is -2.23. The number of benzene rings is 2. The zero-order valence-electron chi connectivity index (χ0n) is 19.1. The lowest BCUT2D eigenvalue weighted by molar-refractivity contribution is 0.306. The van der Waals surface area contributed by atoms with Crippen molar-refractivity contribution < 1.29 is 13.2 Å². The third kappa shape index (κ3) is 3.57. The molecule has 1 aliphatic carbocycles. The maximum Gasteiger partial charge on any atom is 0.232 e. The minimum absolute atomic E-state index is 0.0210. The molecule has 174 valence electrons. The van der Waals surface area contributed by atoms with Gasteiger partial charge in [-0.15, -0.1) is 0 Å². The van der Waals surface area contributed by atoms with Gasteiger partial charge in [0.2, 0.25) is 10.0 Å². The molecule has 3 unspecified atom stereocenters. The van der Waals surface area contributed by atoms with Crippen molar-refractivity contribution in [3.05, 3.63) is 83.7 Å². The van der Waals surface area contributed by atoms with Crippen molar-refractivity contribution in [2.45, 2.75) is 37.8 Å². The minimum Gasteiger partial charge on any atom is -0.489 e. The van der Waals surface area contributed by atoms with Crippen LogP contribution in [0.1, 0.15) is 36.5 Å². The summed E-state index contributed by atoms with van der Waals surface area (Å²) in [5.74, 6) is 0.816. The number of rotatable bonds is 8. The summed E-state index contributed by atoms with van der Waals surface area (Å²) in [6.45, 7) is 4.91. The molecule has 0 spiro atoms. The highest BCUT2D eigenvalue weighted by atomic mass is 32.2. The zero-order chi connectivity index (χ0) is 23.9. The number of sulfonamides is 1. The first kappa shape index (κ1) is 22.2. The molecule has 1 saturated carbocycles. The summed E-state index contributed by atoms with van der Waals surface area (Å²) in [5.41, 5.74) is 4.02. The number of hydrogen-bond acceptors (Lipinski definition) is 6. The Morgan fingerprint density at radius 3 is 2.62 bits per heavy atom. The van der Waals surface area contributed by atoms with Crippen LogP contribution < -0.4 is 14.4 Å². The van der Waals surface area contributed by atoms with Crippen LogP contribution >= 0.6 is 0 Å². The molecule has 8 heteroatoms. The monoisotopic (exact) mass is 474 g/mol. The summed E-state index contributed by atoms with van der Waals surface area (Å²) >= 11 is 0. The first-order valence-corrected chi connectivity index (χ1v) is 13.0. The molecule has 2 aliphatic rings. The predicted molar refractivity (Wildman–Crippen MR) is 131 cm³/mol. The van der Waals surface area contributed by atoms with Crippen molar-refractivity contribution in [1.82, 2.24) is 4.98 Å². The van der Waals surface area contributed by atoms with Gasteiger partial charge in [0.05, 0.1) is 17.9 Å². The lowest BCUT2D eigenvalue weighted by atomic mass is 9.91. The summed E-state index contributed by atoms with van der Waals surface area (Å²) in [7, 11) is -3.33. The average molecular weight is 475 g/mol. The molecule has 7 nitrogen and oxygen atoms in total. The number of pyridine rings is 1. The van der Waals surface area contributed by atoms with Gasteiger partial charge < -0.3 is 9.64 Å². The maximum atomic E-state index is 11.9. The molecule has 5 rings (SSSR count). The highest BCUT2D eigenvalue weighted by Gasteiger charge is 2.73. The van der Waals surface area contributed by atoms with Gasteiger partial charge in [0.1, 0.15) is 17.8 Å². The van der Waals surface area contributed by atoms with Crippen molar-refractivity contribution in [3.8, 4) is 11.8 Å². The normalized spacial score (nSPS) is 22.4. The first-order chi connectivity index (χ1) is 16.4. The van der Waals surface area contributed by atoms with E-state index in [0.29, 0.717) is 12.3 Å². The molecule has 1 aromatic heterocycles. The van der Waals surface area contributed by atoms with Gasteiger partial charge in [-0.05, 0) is 49.2 Å². The van der Waals surface area contributed by atoms with Crippen LogP contribution in [0.4, 0.5) is 11.4 Å². The number of ether oxygens (including phenoxy) is 1. The Morgan fingerprint density at radius 1 is 1.18 bits per heavy atom. The third-order valence-electron chi connectivity index (χ3n) is 6.80. The number of hydrogen-bond donors (Lipinski definition) is 1. The largest absolute Gasteiger partial charge is 0.489 e. The van der Waals surface area contributed by atoms with Crippen LogP contribution in [0.3, 0.4) is 0 Å². The average Bonchev–Trinajstić information content (AvgIpc) is 3.44. The topological polar surface area (TPSA) is 95.3 Å². The lowest BCUT2D eigenvalue weighted by Crippen LogP contribution is -2.25. The molecule has 1 fully saturated rings. The van der Waals surface area contributed by atoms with Crippen LogP contribution in [-0.2, 0) is 22.0 Å². The fourth-order valence-electron chi connectivity index (χ4n) is 5.13.